The van der Waals surface area contributed by atoms with E-state index >= 15 is 0 Å². The predicted molar refractivity (Wildman–Crippen MR) is 42.9 cm³/mol. The summed E-state index contributed by atoms with van der Waals surface area (Å²) in [6.07, 6.45) is 2.91. The van der Waals surface area contributed by atoms with Crippen LogP contribution in [0.15, 0.2) is 0 Å². The summed E-state index contributed by atoms with van der Waals surface area (Å²) in [6.45, 7) is 7.39. The Hall–Kier alpha value is -0.0400. The van der Waals surface area contributed by atoms with E-state index < -0.39 is 0 Å². The second kappa shape index (κ2) is 1.97. The van der Waals surface area contributed by atoms with E-state index in [0.29, 0.717) is 5.41 Å². The second-order valence-corrected chi connectivity index (χ2v) is 4.41. The summed E-state index contributed by atoms with van der Waals surface area (Å²) in [5, 5.41) is 3.50. The molecule has 58 valence electrons. The first-order valence-electron chi connectivity index (χ1n) is 4.43. The molecular formula is C9H17N. The van der Waals surface area contributed by atoms with E-state index in [2.05, 4.69) is 19.2 Å². The Labute approximate surface area is 63.2 Å². The van der Waals surface area contributed by atoms with Gasteiger partial charge in [0, 0.05) is 6.54 Å². The lowest BCUT2D eigenvalue weighted by Gasteiger charge is -2.23. The highest BCUT2D eigenvalue weighted by Crippen LogP contribution is 2.48. The Morgan fingerprint density at radius 1 is 1.50 bits per heavy atom. The summed E-state index contributed by atoms with van der Waals surface area (Å²) >= 11 is 0. The normalized spacial score (nSPS) is 53.4. The third-order valence-electron chi connectivity index (χ3n) is 3.65. The van der Waals surface area contributed by atoms with Crippen molar-refractivity contribution in [3.05, 3.63) is 0 Å². The van der Waals surface area contributed by atoms with Crippen molar-refractivity contribution in [2.45, 2.75) is 26.7 Å². The molecule has 1 heteroatoms. The van der Waals surface area contributed by atoms with Crippen molar-refractivity contribution in [3.63, 3.8) is 0 Å². The van der Waals surface area contributed by atoms with Gasteiger partial charge in [-0.1, -0.05) is 13.8 Å². The van der Waals surface area contributed by atoms with Crippen LogP contribution in [0.3, 0.4) is 0 Å². The van der Waals surface area contributed by atoms with Crippen LogP contribution in [0, 0.1) is 17.3 Å². The third kappa shape index (κ3) is 0.731. The molecule has 1 N–H and O–H groups in total. The molecule has 3 atom stereocenters. The minimum Gasteiger partial charge on any atom is -0.316 e. The van der Waals surface area contributed by atoms with Gasteiger partial charge in [-0.15, -0.1) is 0 Å². The molecule has 1 saturated heterocycles. The minimum atomic E-state index is 0.666. The number of hydrogen-bond acceptors (Lipinski definition) is 1. The highest BCUT2D eigenvalue weighted by molar-refractivity contribution is 4.98. The van der Waals surface area contributed by atoms with Gasteiger partial charge in [0.1, 0.15) is 0 Å². The van der Waals surface area contributed by atoms with E-state index in [-0.39, 0.29) is 0 Å². The minimum absolute atomic E-state index is 0.666. The first-order chi connectivity index (χ1) is 4.72. The molecule has 1 nitrogen and oxygen atoms in total. The lowest BCUT2D eigenvalue weighted by atomic mass is 9.81. The van der Waals surface area contributed by atoms with Crippen molar-refractivity contribution in [2.24, 2.45) is 17.3 Å². The maximum atomic E-state index is 3.50. The van der Waals surface area contributed by atoms with Crippen molar-refractivity contribution in [2.75, 3.05) is 13.1 Å². The molecule has 1 saturated carbocycles. The Balaban J connectivity index is 2.19. The fraction of sp³-hybridized carbons (Fsp3) is 1.00. The summed E-state index contributed by atoms with van der Waals surface area (Å²) in [4.78, 5) is 0. The molecule has 2 rings (SSSR count). The Bertz CT molecular complexity index is 144. The van der Waals surface area contributed by atoms with Crippen molar-refractivity contribution in [1.82, 2.24) is 5.32 Å². The zero-order chi connectivity index (χ0) is 7.19. The van der Waals surface area contributed by atoms with Crippen LogP contribution in [0.2, 0.25) is 0 Å². The fourth-order valence-electron chi connectivity index (χ4n) is 2.81. The predicted octanol–water partition coefficient (Wildman–Crippen LogP) is 1.64. The zero-order valence-corrected chi connectivity index (χ0v) is 6.98. The van der Waals surface area contributed by atoms with Crippen LogP contribution in [0.5, 0.6) is 0 Å². The molecule has 1 heterocycles. The number of nitrogens with one attached hydrogen (secondary N) is 1. The molecule has 1 aliphatic carbocycles. The van der Waals surface area contributed by atoms with Gasteiger partial charge in [-0.25, -0.2) is 0 Å². The number of hydrogen-bond donors (Lipinski definition) is 1. The molecule has 3 unspecified atom stereocenters. The standard InChI is InChI=1S/C9H17N/c1-7-3-4-9(2)6-10-5-8(7)9/h7-8,10H,3-6H2,1-2H3. The highest BCUT2D eigenvalue weighted by Gasteiger charge is 2.45. The summed E-state index contributed by atoms with van der Waals surface area (Å²) in [6, 6.07) is 0. The number of rotatable bonds is 0. The van der Waals surface area contributed by atoms with Gasteiger partial charge < -0.3 is 5.32 Å². The average Bonchev–Trinajstić information content (AvgIpc) is 2.35. The molecule has 10 heavy (non-hydrogen) atoms. The molecule has 2 fully saturated rings. The average molecular weight is 139 g/mol. The molecule has 0 spiro atoms. The van der Waals surface area contributed by atoms with E-state index in [1.54, 1.807) is 0 Å². The first kappa shape index (κ1) is 6.66. The van der Waals surface area contributed by atoms with Crippen LogP contribution < -0.4 is 5.32 Å². The quantitative estimate of drug-likeness (QED) is 0.538. The molecule has 0 bridgehead atoms. The van der Waals surface area contributed by atoms with Gasteiger partial charge in [0.2, 0.25) is 0 Å². The van der Waals surface area contributed by atoms with Crippen molar-refractivity contribution in [1.29, 1.82) is 0 Å². The van der Waals surface area contributed by atoms with Crippen molar-refractivity contribution in [3.8, 4) is 0 Å². The molecule has 2 aliphatic rings. The largest absolute Gasteiger partial charge is 0.316 e. The third-order valence-corrected chi connectivity index (χ3v) is 3.65. The Morgan fingerprint density at radius 2 is 2.30 bits per heavy atom. The molecule has 0 aromatic rings. The summed E-state index contributed by atoms with van der Waals surface area (Å²) in [5.74, 6) is 1.95. The fourth-order valence-corrected chi connectivity index (χ4v) is 2.81. The second-order valence-electron chi connectivity index (χ2n) is 4.41. The summed E-state index contributed by atoms with van der Waals surface area (Å²) in [5.41, 5.74) is 0.666. The van der Waals surface area contributed by atoms with Gasteiger partial charge in [0.25, 0.3) is 0 Å². The first-order valence-corrected chi connectivity index (χ1v) is 4.43. The Kier molecular flexibility index (Phi) is 1.31. The van der Waals surface area contributed by atoms with Crippen LogP contribution in [0.1, 0.15) is 26.7 Å². The van der Waals surface area contributed by atoms with Crippen molar-refractivity contribution < 1.29 is 0 Å². The topological polar surface area (TPSA) is 12.0 Å². The summed E-state index contributed by atoms with van der Waals surface area (Å²) in [7, 11) is 0. The van der Waals surface area contributed by atoms with E-state index in [9.17, 15) is 0 Å². The van der Waals surface area contributed by atoms with E-state index in [1.165, 1.54) is 25.9 Å². The van der Waals surface area contributed by atoms with Crippen LogP contribution >= 0.6 is 0 Å². The zero-order valence-electron chi connectivity index (χ0n) is 6.98. The van der Waals surface area contributed by atoms with Gasteiger partial charge >= 0.3 is 0 Å². The maximum Gasteiger partial charge on any atom is 0.000852 e. The SMILES string of the molecule is CC1CCC2(C)CNCC12. The van der Waals surface area contributed by atoms with Crippen LogP contribution in [-0.4, -0.2) is 13.1 Å². The van der Waals surface area contributed by atoms with Gasteiger partial charge in [0.15, 0.2) is 0 Å². The van der Waals surface area contributed by atoms with E-state index in [4.69, 9.17) is 0 Å². The van der Waals surface area contributed by atoms with Gasteiger partial charge in [0.05, 0.1) is 0 Å². The number of fused-ring (bicyclic) bond motifs is 1. The van der Waals surface area contributed by atoms with Gasteiger partial charge in [-0.05, 0) is 36.6 Å². The molecule has 0 amide bonds. The molecular weight excluding hydrogens is 122 g/mol. The maximum absolute atomic E-state index is 3.50. The molecule has 1 aliphatic heterocycles. The van der Waals surface area contributed by atoms with E-state index in [1.807, 2.05) is 0 Å². The molecule has 0 radical (unpaired) electrons. The summed E-state index contributed by atoms with van der Waals surface area (Å²) < 4.78 is 0. The lowest BCUT2D eigenvalue weighted by molar-refractivity contribution is 0.275. The molecule has 0 aromatic heterocycles. The van der Waals surface area contributed by atoms with Gasteiger partial charge in [-0.2, -0.15) is 0 Å². The molecule has 0 aromatic carbocycles. The van der Waals surface area contributed by atoms with Crippen LogP contribution in [-0.2, 0) is 0 Å². The smallest absolute Gasteiger partial charge is 0.000852 e. The monoisotopic (exact) mass is 139 g/mol. The van der Waals surface area contributed by atoms with Crippen LogP contribution in [0.25, 0.3) is 0 Å². The highest BCUT2D eigenvalue weighted by atomic mass is 14.9. The van der Waals surface area contributed by atoms with Crippen LogP contribution in [0.4, 0.5) is 0 Å². The van der Waals surface area contributed by atoms with Crippen molar-refractivity contribution >= 4 is 0 Å². The Morgan fingerprint density at radius 3 is 3.00 bits per heavy atom. The van der Waals surface area contributed by atoms with Gasteiger partial charge in [-0.3, -0.25) is 0 Å². The van der Waals surface area contributed by atoms with E-state index in [0.717, 1.165) is 11.8 Å². The lowest BCUT2D eigenvalue weighted by Crippen LogP contribution is -2.22.